The number of nitrogens with two attached hydrogens (primary N) is 1. The molecule has 16 heavy (non-hydrogen) atoms. The van der Waals surface area contributed by atoms with E-state index in [9.17, 15) is 4.79 Å². The molecule has 1 heterocycles. The van der Waals surface area contributed by atoms with Crippen LogP contribution in [-0.2, 0) is 0 Å². The van der Waals surface area contributed by atoms with E-state index in [1.807, 2.05) is 0 Å². The molecule has 1 aromatic heterocycles. The van der Waals surface area contributed by atoms with E-state index in [1.54, 1.807) is 31.3 Å². The third-order valence-corrected chi connectivity index (χ3v) is 1.92. The molecule has 1 rings (SSSR count). The van der Waals surface area contributed by atoms with Crippen LogP contribution in [0.4, 0.5) is 0 Å². The summed E-state index contributed by atoms with van der Waals surface area (Å²) >= 11 is 0. The van der Waals surface area contributed by atoms with Gasteiger partial charge in [-0.2, -0.15) is 0 Å². The van der Waals surface area contributed by atoms with Crippen LogP contribution in [0.15, 0.2) is 29.6 Å². The van der Waals surface area contributed by atoms with Crippen molar-refractivity contribution in [1.82, 2.24) is 10.3 Å². The topological polar surface area (TPSA) is 101 Å². The van der Waals surface area contributed by atoms with Gasteiger partial charge in [-0.1, -0.05) is 11.2 Å². The summed E-state index contributed by atoms with van der Waals surface area (Å²) in [6, 6.07) is 4.86. The molecule has 1 amide bonds. The molecule has 0 aliphatic rings. The largest absolute Gasteiger partial charge is 0.409 e. The second-order valence-corrected chi connectivity index (χ2v) is 3.38. The number of hydrogen-bond acceptors (Lipinski definition) is 4. The summed E-state index contributed by atoms with van der Waals surface area (Å²) in [6.07, 6.45) is 1.83. The number of carbonyl (C=O) groups is 1. The molecule has 0 radical (unpaired) electrons. The van der Waals surface area contributed by atoms with Crippen molar-refractivity contribution in [2.75, 3.05) is 0 Å². The smallest absolute Gasteiger partial charge is 0.270 e. The van der Waals surface area contributed by atoms with Gasteiger partial charge in [-0.15, -0.1) is 0 Å². The molecule has 6 nitrogen and oxygen atoms in total. The Morgan fingerprint density at radius 1 is 1.69 bits per heavy atom. The first-order chi connectivity index (χ1) is 7.63. The molecule has 0 saturated heterocycles. The van der Waals surface area contributed by atoms with Crippen LogP contribution in [0.5, 0.6) is 0 Å². The van der Waals surface area contributed by atoms with E-state index in [1.165, 1.54) is 0 Å². The van der Waals surface area contributed by atoms with E-state index in [4.69, 9.17) is 10.9 Å². The maximum Gasteiger partial charge on any atom is 0.270 e. The van der Waals surface area contributed by atoms with E-state index in [0.29, 0.717) is 5.69 Å². The molecule has 0 saturated carbocycles. The monoisotopic (exact) mass is 222 g/mol. The van der Waals surface area contributed by atoms with Gasteiger partial charge >= 0.3 is 0 Å². The minimum absolute atomic E-state index is 0.0776. The maximum absolute atomic E-state index is 11.6. The Balaban J connectivity index is 2.52. The van der Waals surface area contributed by atoms with Crippen LogP contribution in [0.3, 0.4) is 0 Å². The van der Waals surface area contributed by atoms with Crippen molar-refractivity contribution in [3.8, 4) is 0 Å². The normalized spacial score (nSPS) is 13.2. The Morgan fingerprint density at radius 2 is 2.44 bits per heavy atom. The lowest BCUT2D eigenvalue weighted by Crippen LogP contribution is -2.36. The molecule has 1 unspecified atom stereocenters. The second kappa shape index (κ2) is 5.69. The SMILES string of the molecule is CC(CC(N)=NO)NC(=O)c1ccccn1. The first kappa shape index (κ1) is 12.0. The highest BCUT2D eigenvalue weighted by Crippen LogP contribution is 1.96. The number of carbonyl (C=O) groups excluding carboxylic acids is 1. The molecule has 4 N–H and O–H groups in total. The van der Waals surface area contributed by atoms with Gasteiger partial charge in [0.25, 0.3) is 5.91 Å². The van der Waals surface area contributed by atoms with Crippen molar-refractivity contribution in [1.29, 1.82) is 0 Å². The van der Waals surface area contributed by atoms with Gasteiger partial charge in [0.05, 0.1) is 0 Å². The number of amides is 1. The summed E-state index contributed by atoms with van der Waals surface area (Å²) in [4.78, 5) is 15.5. The lowest BCUT2D eigenvalue weighted by Gasteiger charge is -2.12. The van der Waals surface area contributed by atoms with E-state index in [0.717, 1.165) is 0 Å². The Labute approximate surface area is 93.2 Å². The minimum Gasteiger partial charge on any atom is -0.409 e. The summed E-state index contributed by atoms with van der Waals surface area (Å²) < 4.78 is 0. The number of pyridine rings is 1. The zero-order valence-electron chi connectivity index (χ0n) is 8.92. The van der Waals surface area contributed by atoms with Gasteiger partial charge in [-0.3, -0.25) is 9.78 Å². The number of amidine groups is 1. The quantitative estimate of drug-likeness (QED) is 0.296. The third kappa shape index (κ3) is 3.56. The van der Waals surface area contributed by atoms with E-state index < -0.39 is 0 Å². The molecule has 1 aromatic rings. The van der Waals surface area contributed by atoms with Gasteiger partial charge < -0.3 is 16.3 Å². The minimum atomic E-state index is -0.279. The van der Waals surface area contributed by atoms with Gasteiger partial charge in [0.1, 0.15) is 11.5 Å². The van der Waals surface area contributed by atoms with E-state index in [2.05, 4.69) is 15.5 Å². The molecule has 1 atom stereocenters. The predicted octanol–water partition coefficient (Wildman–Crippen LogP) is 0.336. The first-order valence-electron chi connectivity index (χ1n) is 4.81. The second-order valence-electron chi connectivity index (χ2n) is 3.38. The van der Waals surface area contributed by atoms with Crippen LogP contribution >= 0.6 is 0 Å². The fourth-order valence-corrected chi connectivity index (χ4v) is 1.20. The van der Waals surface area contributed by atoms with Gasteiger partial charge in [-0.25, -0.2) is 0 Å². The van der Waals surface area contributed by atoms with Gasteiger partial charge in [0.2, 0.25) is 0 Å². The van der Waals surface area contributed by atoms with Crippen molar-refractivity contribution in [2.24, 2.45) is 10.9 Å². The molecule has 86 valence electrons. The summed E-state index contributed by atoms with van der Waals surface area (Å²) in [5, 5.41) is 13.9. The van der Waals surface area contributed by atoms with Crippen LogP contribution in [0, 0.1) is 0 Å². The third-order valence-electron chi connectivity index (χ3n) is 1.92. The summed E-state index contributed by atoms with van der Waals surface area (Å²) in [6.45, 7) is 1.76. The van der Waals surface area contributed by atoms with Crippen LogP contribution < -0.4 is 11.1 Å². The number of nitrogens with one attached hydrogen (secondary N) is 1. The highest BCUT2D eigenvalue weighted by molar-refractivity contribution is 5.92. The number of nitrogens with zero attached hydrogens (tertiary/aromatic N) is 2. The van der Waals surface area contributed by atoms with E-state index >= 15 is 0 Å². The standard InChI is InChI=1S/C10H14N4O2/c1-7(6-9(11)14-16)13-10(15)8-4-2-3-5-12-8/h2-5,7,16H,6H2,1H3,(H2,11,14)(H,13,15). The Kier molecular flexibility index (Phi) is 4.26. The summed E-state index contributed by atoms with van der Waals surface area (Å²) in [5.41, 5.74) is 5.66. The lowest BCUT2D eigenvalue weighted by atomic mass is 10.2. The highest BCUT2D eigenvalue weighted by atomic mass is 16.4. The van der Waals surface area contributed by atoms with Crippen molar-refractivity contribution < 1.29 is 10.0 Å². The van der Waals surface area contributed by atoms with Crippen LogP contribution in [0.1, 0.15) is 23.8 Å². The molecule has 0 bridgehead atoms. The van der Waals surface area contributed by atoms with Crippen LogP contribution in [0.25, 0.3) is 0 Å². The Morgan fingerprint density at radius 3 is 3.00 bits per heavy atom. The fourth-order valence-electron chi connectivity index (χ4n) is 1.20. The van der Waals surface area contributed by atoms with Crippen LogP contribution in [0.2, 0.25) is 0 Å². The lowest BCUT2D eigenvalue weighted by molar-refractivity contribution is 0.0936. The van der Waals surface area contributed by atoms with Crippen molar-refractivity contribution in [2.45, 2.75) is 19.4 Å². The van der Waals surface area contributed by atoms with Gasteiger partial charge in [-0.05, 0) is 19.1 Å². The first-order valence-corrected chi connectivity index (χ1v) is 4.81. The van der Waals surface area contributed by atoms with E-state index in [-0.39, 0.29) is 24.2 Å². The average Bonchev–Trinajstić information content (AvgIpc) is 2.29. The van der Waals surface area contributed by atoms with Crippen molar-refractivity contribution in [3.63, 3.8) is 0 Å². The molecular weight excluding hydrogens is 208 g/mol. The molecule has 0 spiro atoms. The molecule has 0 fully saturated rings. The predicted molar refractivity (Wildman–Crippen MR) is 59.2 cm³/mol. The number of hydrogen-bond donors (Lipinski definition) is 3. The summed E-state index contributed by atoms with van der Waals surface area (Å²) in [5.74, 6) is -0.201. The molecule has 6 heteroatoms. The van der Waals surface area contributed by atoms with Gasteiger partial charge in [0.15, 0.2) is 0 Å². The van der Waals surface area contributed by atoms with Crippen LogP contribution in [-0.4, -0.2) is 28.0 Å². The number of aromatic nitrogens is 1. The molecule has 0 aromatic carbocycles. The average molecular weight is 222 g/mol. The summed E-state index contributed by atoms with van der Waals surface area (Å²) in [7, 11) is 0. The number of rotatable bonds is 4. The highest BCUT2D eigenvalue weighted by Gasteiger charge is 2.11. The molecular formula is C10H14N4O2. The Hall–Kier alpha value is -2.11. The van der Waals surface area contributed by atoms with Crippen molar-refractivity contribution >= 4 is 11.7 Å². The zero-order valence-corrected chi connectivity index (χ0v) is 8.92. The fraction of sp³-hybridized carbons (Fsp3) is 0.300. The zero-order chi connectivity index (χ0) is 12.0. The molecule has 0 aliphatic carbocycles. The van der Waals surface area contributed by atoms with Gasteiger partial charge in [0, 0.05) is 18.7 Å². The maximum atomic E-state index is 11.6. The Bertz CT molecular complexity index is 378. The number of oxime groups is 1. The van der Waals surface area contributed by atoms with Crippen molar-refractivity contribution in [3.05, 3.63) is 30.1 Å². The molecule has 0 aliphatic heterocycles.